The van der Waals surface area contributed by atoms with Crippen molar-refractivity contribution in [3.8, 4) is 0 Å². The fourth-order valence-corrected chi connectivity index (χ4v) is 2.24. The molecule has 0 bridgehead atoms. The molecule has 4 heteroatoms. The van der Waals surface area contributed by atoms with Gasteiger partial charge in [0, 0.05) is 12.6 Å². The van der Waals surface area contributed by atoms with Crippen LogP contribution in [0, 0.1) is 0 Å². The lowest BCUT2D eigenvalue weighted by molar-refractivity contribution is -0.123. The highest BCUT2D eigenvalue weighted by Crippen LogP contribution is 2.19. The van der Waals surface area contributed by atoms with Crippen molar-refractivity contribution in [2.24, 2.45) is 0 Å². The van der Waals surface area contributed by atoms with Gasteiger partial charge in [0.15, 0.2) is 0 Å². The molecule has 1 atom stereocenters. The molecule has 1 amide bonds. The third-order valence-electron chi connectivity index (χ3n) is 3.28. The first-order valence-corrected chi connectivity index (χ1v) is 7.25. The van der Waals surface area contributed by atoms with Crippen LogP contribution in [-0.2, 0) is 9.53 Å². The summed E-state index contributed by atoms with van der Waals surface area (Å²) >= 11 is 0. The zero-order chi connectivity index (χ0) is 13.4. The number of ether oxygens (including phenoxy) is 1. The van der Waals surface area contributed by atoms with Crippen molar-refractivity contribution in [1.82, 2.24) is 10.6 Å². The Kier molecular flexibility index (Phi) is 7.28. The Labute approximate surface area is 111 Å². The van der Waals surface area contributed by atoms with E-state index in [2.05, 4.69) is 10.6 Å². The van der Waals surface area contributed by atoms with E-state index >= 15 is 0 Å². The van der Waals surface area contributed by atoms with Crippen LogP contribution in [-0.4, -0.2) is 37.2 Å². The summed E-state index contributed by atoms with van der Waals surface area (Å²) in [7, 11) is 0. The molecule has 0 heterocycles. The van der Waals surface area contributed by atoms with Gasteiger partial charge in [-0.3, -0.25) is 4.79 Å². The maximum atomic E-state index is 11.6. The highest BCUT2D eigenvalue weighted by Gasteiger charge is 2.15. The molecule has 1 aliphatic rings. The van der Waals surface area contributed by atoms with Gasteiger partial charge in [-0.2, -0.15) is 0 Å². The van der Waals surface area contributed by atoms with Crippen molar-refractivity contribution in [2.75, 3.05) is 13.2 Å². The SMILES string of the molecule is CC(C)NC(=O)C(C)NCCOC1CCCCC1. The molecule has 0 spiro atoms. The van der Waals surface area contributed by atoms with Gasteiger partial charge in [-0.05, 0) is 33.6 Å². The van der Waals surface area contributed by atoms with E-state index in [1.807, 2.05) is 20.8 Å². The second-order valence-electron chi connectivity index (χ2n) is 5.47. The van der Waals surface area contributed by atoms with Crippen LogP contribution in [0.2, 0.25) is 0 Å². The van der Waals surface area contributed by atoms with Crippen LogP contribution in [0.3, 0.4) is 0 Å². The fraction of sp³-hybridized carbons (Fsp3) is 0.929. The molecular formula is C14H28N2O2. The normalized spacial score (nSPS) is 18.9. The van der Waals surface area contributed by atoms with Gasteiger partial charge in [-0.15, -0.1) is 0 Å². The Hall–Kier alpha value is -0.610. The Morgan fingerprint density at radius 1 is 1.22 bits per heavy atom. The molecule has 4 nitrogen and oxygen atoms in total. The lowest BCUT2D eigenvalue weighted by Gasteiger charge is -2.22. The Bertz CT molecular complexity index is 238. The minimum absolute atomic E-state index is 0.0580. The predicted molar refractivity (Wildman–Crippen MR) is 73.6 cm³/mol. The number of carbonyl (C=O) groups is 1. The number of carbonyl (C=O) groups excluding carboxylic acids is 1. The molecule has 1 fully saturated rings. The molecule has 1 aliphatic carbocycles. The fourth-order valence-electron chi connectivity index (χ4n) is 2.24. The lowest BCUT2D eigenvalue weighted by atomic mass is 9.98. The number of hydrogen-bond acceptors (Lipinski definition) is 3. The van der Waals surface area contributed by atoms with Crippen LogP contribution in [0.4, 0.5) is 0 Å². The average Bonchev–Trinajstić information content (AvgIpc) is 2.34. The van der Waals surface area contributed by atoms with E-state index in [0.717, 1.165) is 6.54 Å². The van der Waals surface area contributed by atoms with Gasteiger partial charge in [-0.1, -0.05) is 19.3 Å². The molecule has 1 unspecified atom stereocenters. The van der Waals surface area contributed by atoms with Gasteiger partial charge in [0.2, 0.25) is 5.91 Å². The summed E-state index contributed by atoms with van der Waals surface area (Å²) in [5.41, 5.74) is 0. The highest BCUT2D eigenvalue weighted by atomic mass is 16.5. The van der Waals surface area contributed by atoms with Crippen LogP contribution < -0.4 is 10.6 Å². The average molecular weight is 256 g/mol. The molecule has 0 aliphatic heterocycles. The molecule has 0 aromatic carbocycles. The standard InChI is InChI=1S/C14H28N2O2/c1-11(2)16-14(17)12(3)15-9-10-18-13-7-5-4-6-8-13/h11-13,15H,4-10H2,1-3H3,(H,16,17). The zero-order valence-electron chi connectivity index (χ0n) is 12.0. The van der Waals surface area contributed by atoms with Crippen molar-refractivity contribution in [3.05, 3.63) is 0 Å². The summed E-state index contributed by atoms with van der Waals surface area (Å²) < 4.78 is 5.80. The molecule has 106 valence electrons. The van der Waals surface area contributed by atoms with Crippen LogP contribution in [0.5, 0.6) is 0 Å². The van der Waals surface area contributed by atoms with E-state index in [4.69, 9.17) is 4.74 Å². The van der Waals surface area contributed by atoms with Crippen LogP contribution >= 0.6 is 0 Å². The smallest absolute Gasteiger partial charge is 0.237 e. The van der Waals surface area contributed by atoms with E-state index in [0.29, 0.717) is 12.7 Å². The molecule has 0 radical (unpaired) electrons. The quantitative estimate of drug-likeness (QED) is 0.683. The second kappa shape index (κ2) is 8.48. The predicted octanol–water partition coefficient (Wildman–Crippen LogP) is 1.84. The van der Waals surface area contributed by atoms with E-state index in [1.165, 1.54) is 32.1 Å². The van der Waals surface area contributed by atoms with Crippen LogP contribution in [0.1, 0.15) is 52.9 Å². The Morgan fingerprint density at radius 3 is 2.50 bits per heavy atom. The number of amides is 1. The van der Waals surface area contributed by atoms with Crippen molar-refractivity contribution >= 4 is 5.91 Å². The van der Waals surface area contributed by atoms with E-state index in [9.17, 15) is 4.79 Å². The van der Waals surface area contributed by atoms with Crippen LogP contribution in [0.25, 0.3) is 0 Å². The van der Waals surface area contributed by atoms with Crippen molar-refractivity contribution in [3.63, 3.8) is 0 Å². The molecule has 1 rings (SSSR count). The summed E-state index contributed by atoms with van der Waals surface area (Å²) in [5.74, 6) is 0.0580. The lowest BCUT2D eigenvalue weighted by Crippen LogP contribution is -2.45. The molecule has 2 N–H and O–H groups in total. The van der Waals surface area contributed by atoms with E-state index in [-0.39, 0.29) is 18.0 Å². The topological polar surface area (TPSA) is 50.4 Å². The largest absolute Gasteiger partial charge is 0.377 e. The van der Waals surface area contributed by atoms with Gasteiger partial charge in [0.25, 0.3) is 0 Å². The molecule has 0 aromatic rings. The molecular weight excluding hydrogens is 228 g/mol. The number of hydrogen-bond donors (Lipinski definition) is 2. The number of rotatable bonds is 7. The van der Waals surface area contributed by atoms with E-state index < -0.39 is 0 Å². The summed E-state index contributed by atoms with van der Waals surface area (Å²) in [6, 6.07) is 0.0441. The first-order valence-electron chi connectivity index (χ1n) is 7.25. The minimum atomic E-state index is -0.151. The maximum Gasteiger partial charge on any atom is 0.237 e. The van der Waals surface area contributed by atoms with Crippen molar-refractivity contribution in [2.45, 2.75) is 71.1 Å². The van der Waals surface area contributed by atoms with Crippen molar-refractivity contribution < 1.29 is 9.53 Å². The first-order chi connectivity index (χ1) is 8.59. The van der Waals surface area contributed by atoms with Crippen LogP contribution in [0.15, 0.2) is 0 Å². The summed E-state index contributed by atoms with van der Waals surface area (Å²) in [5, 5.41) is 6.08. The van der Waals surface area contributed by atoms with E-state index in [1.54, 1.807) is 0 Å². The number of nitrogens with one attached hydrogen (secondary N) is 2. The first kappa shape index (κ1) is 15.4. The minimum Gasteiger partial charge on any atom is -0.377 e. The molecule has 0 aromatic heterocycles. The molecule has 18 heavy (non-hydrogen) atoms. The third kappa shape index (κ3) is 6.36. The monoisotopic (exact) mass is 256 g/mol. The van der Waals surface area contributed by atoms with Gasteiger partial charge < -0.3 is 15.4 Å². The Morgan fingerprint density at radius 2 is 1.89 bits per heavy atom. The van der Waals surface area contributed by atoms with Gasteiger partial charge in [0.1, 0.15) is 0 Å². The highest BCUT2D eigenvalue weighted by molar-refractivity contribution is 5.81. The molecule has 0 saturated heterocycles. The van der Waals surface area contributed by atoms with Crippen molar-refractivity contribution in [1.29, 1.82) is 0 Å². The molecule has 1 saturated carbocycles. The third-order valence-corrected chi connectivity index (χ3v) is 3.28. The summed E-state index contributed by atoms with van der Waals surface area (Å²) in [6.07, 6.45) is 6.79. The van der Waals surface area contributed by atoms with Gasteiger partial charge in [-0.25, -0.2) is 0 Å². The van der Waals surface area contributed by atoms with Gasteiger partial charge >= 0.3 is 0 Å². The zero-order valence-corrected chi connectivity index (χ0v) is 12.0. The van der Waals surface area contributed by atoms with Gasteiger partial charge in [0.05, 0.1) is 18.8 Å². The summed E-state index contributed by atoms with van der Waals surface area (Å²) in [4.78, 5) is 11.6. The Balaban J connectivity index is 2.04. The summed E-state index contributed by atoms with van der Waals surface area (Å²) in [6.45, 7) is 7.26. The maximum absolute atomic E-state index is 11.6. The second-order valence-corrected chi connectivity index (χ2v) is 5.47.